The summed E-state index contributed by atoms with van der Waals surface area (Å²) in [5, 5.41) is 0. The zero-order valence-corrected chi connectivity index (χ0v) is 8.24. The van der Waals surface area contributed by atoms with Crippen LogP contribution >= 0.6 is 0 Å². The fourth-order valence-electron chi connectivity index (χ4n) is 2.12. The maximum atomic E-state index is 14.0. The van der Waals surface area contributed by atoms with E-state index in [-0.39, 0.29) is 18.4 Å². The number of hydrogen-bond acceptors (Lipinski definition) is 0. The fraction of sp³-hybridized carbons (Fsp3) is 0.455. The third-order valence-electron chi connectivity index (χ3n) is 2.94. The molecule has 0 spiro atoms. The molecule has 0 saturated carbocycles. The lowest BCUT2D eigenvalue weighted by Crippen LogP contribution is -2.41. The van der Waals surface area contributed by atoms with E-state index in [9.17, 15) is 22.0 Å². The lowest BCUT2D eigenvalue weighted by Gasteiger charge is -2.33. The van der Waals surface area contributed by atoms with Gasteiger partial charge in [0.05, 0.1) is 0 Å². The van der Waals surface area contributed by atoms with Crippen molar-refractivity contribution in [1.29, 1.82) is 0 Å². The number of benzene rings is 1. The maximum absolute atomic E-state index is 14.0. The van der Waals surface area contributed by atoms with Crippen LogP contribution in [0, 0.1) is 5.82 Å². The average molecular weight is 236 g/mol. The summed E-state index contributed by atoms with van der Waals surface area (Å²) in [5.74, 6) is -0.761. The van der Waals surface area contributed by atoms with Crippen LogP contribution in [0.3, 0.4) is 0 Å². The van der Waals surface area contributed by atoms with Gasteiger partial charge in [-0.25, -0.2) is 8.78 Å². The molecule has 0 aromatic heterocycles. The lowest BCUT2D eigenvalue weighted by atomic mass is 9.80. The molecule has 1 aliphatic rings. The average Bonchev–Trinajstić information content (AvgIpc) is 2.18. The Morgan fingerprint density at radius 2 is 1.88 bits per heavy atom. The van der Waals surface area contributed by atoms with Crippen LogP contribution in [0.2, 0.25) is 0 Å². The van der Waals surface area contributed by atoms with Gasteiger partial charge in [-0.2, -0.15) is 13.2 Å². The molecule has 1 aliphatic carbocycles. The molecule has 1 atom stereocenters. The van der Waals surface area contributed by atoms with E-state index in [4.69, 9.17) is 0 Å². The van der Waals surface area contributed by atoms with E-state index in [1.807, 2.05) is 0 Å². The molecule has 1 aromatic rings. The molecule has 16 heavy (non-hydrogen) atoms. The second kappa shape index (κ2) is 3.43. The van der Waals surface area contributed by atoms with Crippen LogP contribution in [-0.2, 0) is 12.1 Å². The van der Waals surface area contributed by atoms with Crippen molar-refractivity contribution < 1.29 is 22.0 Å². The molecule has 0 radical (unpaired) electrons. The second-order valence-electron chi connectivity index (χ2n) is 3.92. The van der Waals surface area contributed by atoms with E-state index in [1.165, 1.54) is 0 Å². The van der Waals surface area contributed by atoms with Gasteiger partial charge in [-0.05, 0) is 30.9 Å². The van der Waals surface area contributed by atoms with E-state index in [2.05, 4.69) is 0 Å². The Morgan fingerprint density at radius 3 is 2.50 bits per heavy atom. The summed E-state index contributed by atoms with van der Waals surface area (Å²) >= 11 is 0. The Kier molecular flexibility index (Phi) is 2.44. The van der Waals surface area contributed by atoms with Gasteiger partial charge in [0.1, 0.15) is 5.82 Å². The summed E-state index contributed by atoms with van der Waals surface area (Å²) in [4.78, 5) is 0. The SMILES string of the molecule is Fc1cccc2c1CCCC2(F)C(F)(F)F. The van der Waals surface area contributed by atoms with Crippen LogP contribution in [0.4, 0.5) is 22.0 Å². The van der Waals surface area contributed by atoms with Crippen LogP contribution in [0.15, 0.2) is 18.2 Å². The molecular formula is C11H9F5. The standard InChI is InChI=1S/C11H9F5/c12-9-5-1-4-8-7(9)3-2-6-10(8,13)11(14,15)16/h1,4-5H,2-3,6H2. The Labute approximate surface area is 89.1 Å². The van der Waals surface area contributed by atoms with E-state index < -0.39 is 29.6 Å². The number of halogens is 5. The minimum atomic E-state index is -4.99. The van der Waals surface area contributed by atoms with Gasteiger partial charge in [0.2, 0.25) is 5.67 Å². The summed E-state index contributed by atoms with van der Waals surface area (Å²) in [6.07, 6.45) is -5.46. The van der Waals surface area contributed by atoms with E-state index >= 15 is 0 Å². The van der Waals surface area contributed by atoms with Crippen LogP contribution < -0.4 is 0 Å². The summed E-state index contributed by atoms with van der Waals surface area (Å²) in [7, 11) is 0. The van der Waals surface area contributed by atoms with Gasteiger partial charge in [0.15, 0.2) is 0 Å². The molecule has 1 aromatic carbocycles. The van der Waals surface area contributed by atoms with Crippen molar-refractivity contribution in [2.75, 3.05) is 0 Å². The lowest BCUT2D eigenvalue weighted by molar-refractivity contribution is -0.240. The normalized spacial score (nSPS) is 25.3. The van der Waals surface area contributed by atoms with Gasteiger partial charge < -0.3 is 0 Å². The molecule has 0 amide bonds. The van der Waals surface area contributed by atoms with Gasteiger partial charge in [-0.1, -0.05) is 12.1 Å². The summed E-state index contributed by atoms with van der Waals surface area (Å²) in [5.41, 5.74) is -4.11. The number of alkyl halides is 4. The van der Waals surface area contributed by atoms with Crippen molar-refractivity contribution in [2.24, 2.45) is 0 Å². The van der Waals surface area contributed by atoms with Crippen molar-refractivity contribution >= 4 is 0 Å². The second-order valence-corrected chi connectivity index (χ2v) is 3.92. The molecule has 5 heteroatoms. The number of hydrogen-bond donors (Lipinski definition) is 0. The van der Waals surface area contributed by atoms with Gasteiger partial charge in [0, 0.05) is 5.56 Å². The predicted molar refractivity (Wildman–Crippen MR) is 48.2 cm³/mol. The van der Waals surface area contributed by atoms with Crippen molar-refractivity contribution in [3.8, 4) is 0 Å². The zero-order valence-electron chi connectivity index (χ0n) is 8.24. The molecule has 2 rings (SSSR count). The molecule has 0 fully saturated rings. The first-order valence-electron chi connectivity index (χ1n) is 4.90. The Morgan fingerprint density at radius 1 is 1.19 bits per heavy atom. The topological polar surface area (TPSA) is 0 Å². The Balaban J connectivity index is 2.61. The molecule has 0 saturated heterocycles. The third-order valence-corrected chi connectivity index (χ3v) is 2.94. The molecule has 0 bridgehead atoms. The van der Waals surface area contributed by atoms with Crippen LogP contribution in [0.25, 0.3) is 0 Å². The van der Waals surface area contributed by atoms with Crippen LogP contribution in [0.1, 0.15) is 24.0 Å². The van der Waals surface area contributed by atoms with E-state index in [1.54, 1.807) is 0 Å². The monoisotopic (exact) mass is 236 g/mol. The molecule has 0 nitrogen and oxygen atoms in total. The van der Waals surface area contributed by atoms with Crippen molar-refractivity contribution in [3.63, 3.8) is 0 Å². The van der Waals surface area contributed by atoms with E-state index in [0.717, 1.165) is 18.2 Å². The highest BCUT2D eigenvalue weighted by Gasteiger charge is 2.58. The highest BCUT2D eigenvalue weighted by Crippen LogP contribution is 2.50. The van der Waals surface area contributed by atoms with Crippen molar-refractivity contribution in [3.05, 3.63) is 35.1 Å². The summed E-state index contributed by atoms with van der Waals surface area (Å²) in [6, 6.07) is 3.19. The van der Waals surface area contributed by atoms with Gasteiger partial charge in [-0.15, -0.1) is 0 Å². The quantitative estimate of drug-likeness (QED) is 0.599. The molecule has 1 unspecified atom stereocenters. The number of rotatable bonds is 0. The first-order valence-corrected chi connectivity index (χ1v) is 4.90. The number of fused-ring (bicyclic) bond motifs is 1. The summed E-state index contributed by atoms with van der Waals surface area (Å²) < 4.78 is 65.1. The minimum Gasteiger partial charge on any atom is -0.229 e. The smallest absolute Gasteiger partial charge is 0.229 e. The molecular weight excluding hydrogens is 227 g/mol. The predicted octanol–water partition coefficient (Wildman–Crippen LogP) is 3.89. The third kappa shape index (κ3) is 1.49. The van der Waals surface area contributed by atoms with Gasteiger partial charge in [-0.3, -0.25) is 0 Å². The van der Waals surface area contributed by atoms with Crippen LogP contribution in [0.5, 0.6) is 0 Å². The van der Waals surface area contributed by atoms with Crippen LogP contribution in [-0.4, -0.2) is 6.18 Å². The van der Waals surface area contributed by atoms with Crippen molar-refractivity contribution in [2.45, 2.75) is 31.1 Å². The maximum Gasteiger partial charge on any atom is 0.426 e. The van der Waals surface area contributed by atoms with E-state index in [0.29, 0.717) is 0 Å². The van der Waals surface area contributed by atoms with Gasteiger partial charge in [0.25, 0.3) is 0 Å². The Bertz CT molecular complexity index is 409. The first-order chi connectivity index (χ1) is 7.36. The zero-order chi connectivity index (χ0) is 12.0. The molecule has 88 valence electrons. The fourth-order valence-corrected chi connectivity index (χ4v) is 2.12. The first kappa shape index (κ1) is 11.4. The largest absolute Gasteiger partial charge is 0.426 e. The highest BCUT2D eigenvalue weighted by molar-refractivity contribution is 5.37. The highest BCUT2D eigenvalue weighted by atomic mass is 19.4. The molecule has 0 heterocycles. The molecule has 0 aliphatic heterocycles. The summed E-state index contributed by atoms with van der Waals surface area (Å²) in [6.45, 7) is 0. The Hall–Kier alpha value is -1.13. The van der Waals surface area contributed by atoms with Crippen molar-refractivity contribution in [1.82, 2.24) is 0 Å². The minimum absolute atomic E-state index is 0.00391. The van der Waals surface area contributed by atoms with Gasteiger partial charge >= 0.3 is 6.18 Å². The molecule has 0 N–H and O–H groups in total.